The molecule has 0 atom stereocenters. The van der Waals surface area contributed by atoms with E-state index in [0.29, 0.717) is 11.6 Å². The lowest BCUT2D eigenvalue weighted by Crippen LogP contribution is -2.00. The molecule has 1 aromatic heterocycles. The second-order valence-electron chi connectivity index (χ2n) is 2.57. The van der Waals surface area contributed by atoms with Gasteiger partial charge in [0.2, 0.25) is 6.41 Å². The van der Waals surface area contributed by atoms with Crippen LogP contribution in [0.5, 0.6) is 0 Å². The maximum absolute atomic E-state index is 10.2. The van der Waals surface area contributed by atoms with Crippen LogP contribution in [0.15, 0.2) is 5.16 Å². The van der Waals surface area contributed by atoms with Gasteiger partial charge in [0.05, 0.1) is 0 Å². The molecule has 1 amide bonds. The number of amides is 1. The predicted octanol–water partition coefficient (Wildman–Crippen LogP) is 2.85. The number of rotatable bonds is 5. The average molecular weight is 266 g/mol. The lowest BCUT2D eigenvalue weighted by molar-refractivity contribution is -0.105. The van der Waals surface area contributed by atoms with Crippen LogP contribution in [0.2, 0.25) is 10.3 Å². The first-order chi connectivity index (χ1) is 7.19. The highest BCUT2D eigenvalue weighted by Crippen LogP contribution is 2.29. The Bertz CT molecular complexity index is 339. The number of hydrogen-bond acceptors (Lipinski definition) is 4. The van der Waals surface area contributed by atoms with E-state index in [1.165, 1.54) is 11.8 Å². The number of anilines is 1. The molecular formula is C8H9Cl2N3OS. The number of hydrogen-bond donors (Lipinski definition) is 1. The minimum atomic E-state index is 0.153. The van der Waals surface area contributed by atoms with Crippen molar-refractivity contribution < 1.29 is 4.79 Å². The van der Waals surface area contributed by atoms with Crippen LogP contribution >= 0.6 is 35.0 Å². The summed E-state index contributed by atoms with van der Waals surface area (Å²) in [6.07, 6.45) is 1.49. The van der Waals surface area contributed by atoms with Gasteiger partial charge >= 0.3 is 0 Å². The van der Waals surface area contributed by atoms with E-state index < -0.39 is 0 Å². The number of aromatic nitrogens is 2. The predicted molar refractivity (Wildman–Crippen MR) is 62.8 cm³/mol. The molecule has 15 heavy (non-hydrogen) atoms. The number of carbonyl (C=O) groups is 1. The van der Waals surface area contributed by atoms with Gasteiger partial charge in [0, 0.05) is 5.75 Å². The zero-order chi connectivity index (χ0) is 11.3. The number of carbonyl (C=O) groups excluding carboxylic acids is 1. The van der Waals surface area contributed by atoms with Crippen LogP contribution in [-0.2, 0) is 4.79 Å². The Morgan fingerprint density at radius 1 is 1.40 bits per heavy atom. The van der Waals surface area contributed by atoms with Gasteiger partial charge in [-0.2, -0.15) is 0 Å². The second kappa shape index (κ2) is 6.15. The molecule has 0 aliphatic rings. The first kappa shape index (κ1) is 12.5. The maximum Gasteiger partial charge on any atom is 0.211 e. The SMILES string of the molecule is CCCSc1nc(Cl)c(NC=O)c(Cl)n1. The smallest absolute Gasteiger partial charge is 0.211 e. The molecule has 0 spiro atoms. The Hall–Kier alpha value is -0.520. The van der Waals surface area contributed by atoms with E-state index in [9.17, 15) is 4.79 Å². The molecule has 0 aromatic carbocycles. The molecule has 0 bridgehead atoms. The monoisotopic (exact) mass is 265 g/mol. The van der Waals surface area contributed by atoms with Crippen molar-refractivity contribution in [1.29, 1.82) is 0 Å². The molecule has 7 heteroatoms. The van der Waals surface area contributed by atoms with Gasteiger partial charge in [-0.05, 0) is 6.42 Å². The number of halogens is 2. The van der Waals surface area contributed by atoms with Crippen LogP contribution in [0, 0.1) is 0 Å². The van der Waals surface area contributed by atoms with E-state index in [-0.39, 0.29) is 16.0 Å². The summed E-state index contributed by atoms with van der Waals surface area (Å²) in [7, 11) is 0. The quantitative estimate of drug-likeness (QED) is 0.385. The molecule has 0 aliphatic heterocycles. The lowest BCUT2D eigenvalue weighted by atomic mass is 10.5. The molecule has 0 saturated carbocycles. The fourth-order valence-corrected chi connectivity index (χ4v) is 2.12. The minimum Gasteiger partial charge on any atom is -0.324 e. The van der Waals surface area contributed by atoms with Crippen molar-refractivity contribution in [2.75, 3.05) is 11.1 Å². The molecular weight excluding hydrogens is 257 g/mol. The van der Waals surface area contributed by atoms with Gasteiger partial charge in [-0.25, -0.2) is 9.97 Å². The lowest BCUT2D eigenvalue weighted by Gasteiger charge is -2.05. The van der Waals surface area contributed by atoms with Gasteiger partial charge in [-0.15, -0.1) is 0 Å². The summed E-state index contributed by atoms with van der Waals surface area (Å²) in [5, 5.41) is 3.17. The van der Waals surface area contributed by atoms with E-state index in [1.807, 2.05) is 0 Å². The Kier molecular flexibility index (Phi) is 5.14. The van der Waals surface area contributed by atoms with Crippen LogP contribution in [0.25, 0.3) is 0 Å². The van der Waals surface area contributed by atoms with Crippen LogP contribution in [0.1, 0.15) is 13.3 Å². The zero-order valence-electron chi connectivity index (χ0n) is 7.96. The first-order valence-electron chi connectivity index (χ1n) is 4.25. The topological polar surface area (TPSA) is 54.9 Å². The third-order valence-corrected chi connectivity index (χ3v) is 3.04. The molecule has 0 unspecified atom stereocenters. The Labute approximate surface area is 102 Å². The summed E-state index contributed by atoms with van der Waals surface area (Å²) in [4.78, 5) is 18.2. The number of thioether (sulfide) groups is 1. The van der Waals surface area contributed by atoms with Gasteiger partial charge < -0.3 is 5.32 Å². The summed E-state index contributed by atoms with van der Waals surface area (Å²) in [5.74, 6) is 0.896. The van der Waals surface area contributed by atoms with Gasteiger partial charge in [0.25, 0.3) is 0 Å². The fraction of sp³-hybridized carbons (Fsp3) is 0.375. The van der Waals surface area contributed by atoms with Crippen LogP contribution in [0.3, 0.4) is 0 Å². The third kappa shape index (κ3) is 3.52. The Balaban J connectivity index is 2.91. The van der Waals surface area contributed by atoms with Crippen LogP contribution in [0.4, 0.5) is 5.69 Å². The average Bonchev–Trinajstić information content (AvgIpc) is 2.20. The zero-order valence-corrected chi connectivity index (χ0v) is 10.3. The summed E-state index contributed by atoms with van der Waals surface area (Å²) in [6.45, 7) is 2.05. The molecule has 0 fully saturated rings. The second-order valence-corrected chi connectivity index (χ2v) is 4.35. The van der Waals surface area contributed by atoms with E-state index in [4.69, 9.17) is 23.2 Å². The van der Waals surface area contributed by atoms with E-state index in [2.05, 4.69) is 22.2 Å². The van der Waals surface area contributed by atoms with Crippen molar-refractivity contribution in [3.63, 3.8) is 0 Å². The highest BCUT2D eigenvalue weighted by molar-refractivity contribution is 7.99. The van der Waals surface area contributed by atoms with Gasteiger partial charge in [0.15, 0.2) is 15.5 Å². The molecule has 1 rings (SSSR count). The van der Waals surface area contributed by atoms with Gasteiger partial charge in [-0.1, -0.05) is 41.9 Å². The highest BCUT2D eigenvalue weighted by atomic mass is 35.5. The molecule has 0 radical (unpaired) electrons. The number of nitrogens with one attached hydrogen (secondary N) is 1. The molecule has 1 heterocycles. The summed E-state index contributed by atoms with van der Waals surface area (Å²) in [5.41, 5.74) is 0.245. The fourth-order valence-electron chi connectivity index (χ4n) is 0.826. The number of nitrogens with zero attached hydrogens (tertiary/aromatic N) is 2. The van der Waals surface area contributed by atoms with Crippen molar-refractivity contribution in [3.8, 4) is 0 Å². The van der Waals surface area contributed by atoms with Crippen molar-refractivity contribution in [2.45, 2.75) is 18.5 Å². The summed E-state index contributed by atoms with van der Waals surface area (Å²) in [6, 6.07) is 0. The highest BCUT2D eigenvalue weighted by Gasteiger charge is 2.10. The van der Waals surface area contributed by atoms with Crippen molar-refractivity contribution >= 4 is 47.1 Å². The van der Waals surface area contributed by atoms with Crippen LogP contribution < -0.4 is 5.32 Å². The first-order valence-corrected chi connectivity index (χ1v) is 5.99. The molecule has 82 valence electrons. The van der Waals surface area contributed by atoms with Crippen molar-refractivity contribution in [3.05, 3.63) is 10.3 Å². The molecule has 1 aromatic rings. The van der Waals surface area contributed by atoms with Crippen LogP contribution in [-0.4, -0.2) is 22.1 Å². The minimum absolute atomic E-state index is 0.153. The summed E-state index contributed by atoms with van der Waals surface area (Å²) >= 11 is 13.1. The molecule has 0 aliphatic carbocycles. The maximum atomic E-state index is 10.2. The molecule has 4 nitrogen and oxygen atoms in total. The third-order valence-electron chi connectivity index (χ3n) is 1.44. The van der Waals surface area contributed by atoms with Crippen molar-refractivity contribution in [1.82, 2.24) is 9.97 Å². The normalized spacial score (nSPS) is 10.1. The Morgan fingerprint density at radius 2 is 2.00 bits per heavy atom. The van der Waals surface area contributed by atoms with Gasteiger partial charge in [0.1, 0.15) is 5.69 Å². The Morgan fingerprint density at radius 3 is 2.47 bits per heavy atom. The standard InChI is InChI=1S/C8H9Cl2N3OS/c1-2-3-15-8-12-6(9)5(11-4-14)7(10)13-8/h4H,2-3H2,1H3,(H,11,14). The molecule has 0 saturated heterocycles. The molecule has 1 N–H and O–H groups in total. The van der Waals surface area contributed by atoms with E-state index in [0.717, 1.165) is 12.2 Å². The largest absolute Gasteiger partial charge is 0.324 e. The van der Waals surface area contributed by atoms with E-state index in [1.54, 1.807) is 0 Å². The summed E-state index contributed by atoms with van der Waals surface area (Å²) < 4.78 is 0. The van der Waals surface area contributed by atoms with Crippen molar-refractivity contribution in [2.24, 2.45) is 0 Å². The van der Waals surface area contributed by atoms with Gasteiger partial charge in [-0.3, -0.25) is 4.79 Å². The van der Waals surface area contributed by atoms with E-state index >= 15 is 0 Å².